The Bertz CT molecular complexity index is 1080. The van der Waals surface area contributed by atoms with Gasteiger partial charge in [0.2, 0.25) is 0 Å². The summed E-state index contributed by atoms with van der Waals surface area (Å²) in [7, 11) is 0. The number of hydrogen-bond donors (Lipinski definition) is 1. The summed E-state index contributed by atoms with van der Waals surface area (Å²) in [6.07, 6.45) is 3.07. The number of ether oxygens (including phenoxy) is 1. The van der Waals surface area contributed by atoms with E-state index in [0.29, 0.717) is 5.69 Å². The standard InChI is InChI=1S/C26H30N4O2/c1-18-10-11-19(2)24(16-18)32-20(3)26(31)27-22-9-7-8-21(17-22)23-12-13-25(29-28-23)30-14-5-4-6-15-30/h7-13,16-17,20H,4-6,14-15H2,1-3H3,(H,27,31). The van der Waals surface area contributed by atoms with Crippen LogP contribution >= 0.6 is 0 Å². The van der Waals surface area contributed by atoms with E-state index in [1.807, 2.05) is 68.4 Å². The van der Waals surface area contributed by atoms with Crippen molar-refractivity contribution in [3.8, 4) is 17.0 Å². The fourth-order valence-electron chi connectivity index (χ4n) is 3.85. The van der Waals surface area contributed by atoms with Crippen molar-refractivity contribution in [1.29, 1.82) is 0 Å². The third-order valence-electron chi connectivity index (χ3n) is 5.77. The van der Waals surface area contributed by atoms with E-state index in [4.69, 9.17) is 4.74 Å². The second kappa shape index (κ2) is 9.81. The number of hydrogen-bond acceptors (Lipinski definition) is 5. The SMILES string of the molecule is Cc1ccc(C)c(OC(C)C(=O)Nc2cccc(-c3ccc(N4CCCCC4)nn3)c2)c1. The molecule has 1 amide bonds. The first kappa shape index (κ1) is 21.8. The molecule has 2 heterocycles. The van der Waals surface area contributed by atoms with Crippen LogP contribution in [0.5, 0.6) is 5.75 Å². The van der Waals surface area contributed by atoms with Crippen LogP contribution < -0.4 is 15.0 Å². The Morgan fingerprint density at radius 2 is 1.81 bits per heavy atom. The fourth-order valence-corrected chi connectivity index (χ4v) is 3.85. The highest BCUT2D eigenvalue weighted by Gasteiger charge is 2.17. The molecule has 1 aliphatic heterocycles. The van der Waals surface area contributed by atoms with Gasteiger partial charge in [0.1, 0.15) is 5.75 Å². The Hall–Kier alpha value is -3.41. The lowest BCUT2D eigenvalue weighted by molar-refractivity contribution is -0.122. The normalized spacial score (nSPS) is 14.7. The molecule has 1 N–H and O–H groups in total. The van der Waals surface area contributed by atoms with Crippen LogP contribution in [-0.2, 0) is 4.79 Å². The van der Waals surface area contributed by atoms with Crippen LogP contribution in [0.15, 0.2) is 54.6 Å². The summed E-state index contributed by atoms with van der Waals surface area (Å²) in [5.41, 5.74) is 4.48. The Morgan fingerprint density at radius 1 is 1.00 bits per heavy atom. The van der Waals surface area contributed by atoms with E-state index in [0.717, 1.165) is 47.0 Å². The lowest BCUT2D eigenvalue weighted by Gasteiger charge is -2.27. The van der Waals surface area contributed by atoms with Crippen molar-refractivity contribution >= 4 is 17.4 Å². The van der Waals surface area contributed by atoms with Crippen LogP contribution in [0.4, 0.5) is 11.5 Å². The zero-order valence-electron chi connectivity index (χ0n) is 19.0. The highest BCUT2D eigenvalue weighted by Crippen LogP contribution is 2.24. The number of rotatable bonds is 6. The van der Waals surface area contributed by atoms with Crippen LogP contribution in [-0.4, -0.2) is 35.3 Å². The van der Waals surface area contributed by atoms with Gasteiger partial charge in [-0.3, -0.25) is 4.79 Å². The Labute approximate surface area is 189 Å². The van der Waals surface area contributed by atoms with Gasteiger partial charge < -0.3 is 15.0 Å². The molecule has 0 bridgehead atoms. The Morgan fingerprint density at radius 3 is 2.56 bits per heavy atom. The molecule has 1 unspecified atom stereocenters. The maximum Gasteiger partial charge on any atom is 0.265 e. The molecule has 2 aromatic carbocycles. The summed E-state index contributed by atoms with van der Waals surface area (Å²) in [6, 6.07) is 17.6. The molecular weight excluding hydrogens is 400 g/mol. The minimum atomic E-state index is -0.622. The van der Waals surface area contributed by atoms with E-state index in [1.54, 1.807) is 6.92 Å². The number of aromatic nitrogens is 2. The van der Waals surface area contributed by atoms with Gasteiger partial charge in [-0.05, 0) is 81.5 Å². The number of aryl methyl sites for hydroxylation is 2. The zero-order valence-corrected chi connectivity index (χ0v) is 19.0. The van der Waals surface area contributed by atoms with Crippen LogP contribution in [0.1, 0.15) is 37.3 Å². The molecular formula is C26H30N4O2. The van der Waals surface area contributed by atoms with Gasteiger partial charge in [-0.15, -0.1) is 10.2 Å². The third kappa shape index (κ3) is 5.25. The molecule has 1 fully saturated rings. The van der Waals surface area contributed by atoms with Crippen molar-refractivity contribution in [3.63, 3.8) is 0 Å². The molecule has 6 nitrogen and oxygen atoms in total. The average molecular weight is 431 g/mol. The van der Waals surface area contributed by atoms with Crippen molar-refractivity contribution in [3.05, 3.63) is 65.7 Å². The summed E-state index contributed by atoms with van der Waals surface area (Å²) in [6.45, 7) is 7.81. The van der Waals surface area contributed by atoms with Crippen LogP contribution in [0, 0.1) is 13.8 Å². The highest BCUT2D eigenvalue weighted by atomic mass is 16.5. The van der Waals surface area contributed by atoms with Gasteiger partial charge in [-0.25, -0.2) is 0 Å². The molecule has 0 radical (unpaired) electrons. The second-order valence-corrected chi connectivity index (χ2v) is 8.42. The van der Waals surface area contributed by atoms with Crippen LogP contribution in [0.2, 0.25) is 0 Å². The predicted octanol–water partition coefficient (Wildman–Crippen LogP) is 5.16. The second-order valence-electron chi connectivity index (χ2n) is 8.42. The first-order valence-electron chi connectivity index (χ1n) is 11.2. The van der Waals surface area contributed by atoms with E-state index >= 15 is 0 Å². The Balaban J connectivity index is 1.42. The molecule has 0 spiro atoms. The molecule has 32 heavy (non-hydrogen) atoms. The molecule has 166 valence electrons. The van der Waals surface area contributed by atoms with E-state index in [2.05, 4.69) is 20.4 Å². The summed E-state index contributed by atoms with van der Waals surface area (Å²) in [4.78, 5) is 15.0. The van der Waals surface area contributed by atoms with Crippen LogP contribution in [0.25, 0.3) is 11.3 Å². The first-order chi connectivity index (χ1) is 15.5. The third-order valence-corrected chi connectivity index (χ3v) is 5.77. The quantitative estimate of drug-likeness (QED) is 0.585. The predicted molar refractivity (Wildman–Crippen MR) is 128 cm³/mol. The number of carbonyl (C=O) groups excluding carboxylic acids is 1. The lowest BCUT2D eigenvalue weighted by Crippen LogP contribution is -2.30. The highest BCUT2D eigenvalue weighted by molar-refractivity contribution is 5.94. The molecule has 0 aliphatic carbocycles. The summed E-state index contributed by atoms with van der Waals surface area (Å²) in [5, 5.41) is 11.8. The van der Waals surface area contributed by atoms with Gasteiger partial charge in [0.25, 0.3) is 5.91 Å². The number of nitrogens with one attached hydrogen (secondary N) is 1. The molecule has 0 saturated carbocycles. The van der Waals surface area contributed by atoms with E-state index < -0.39 is 6.10 Å². The minimum Gasteiger partial charge on any atom is -0.481 e. The maximum atomic E-state index is 12.7. The molecule has 1 atom stereocenters. The van der Waals surface area contributed by atoms with E-state index in [-0.39, 0.29) is 5.91 Å². The minimum absolute atomic E-state index is 0.199. The largest absolute Gasteiger partial charge is 0.481 e. The summed E-state index contributed by atoms with van der Waals surface area (Å²) < 4.78 is 5.91. The van der Waals surface area contributed by atoms with E-state index in [9.17, 15) is 4.79 Å². The van der Waals surface area contributed by atoms with Crippen molar-refractivity contribution in [2.24, 2.45) is 0 Å². The number of piperidine rings is 1. The number of carbonyl (C=O) groups is 1. The molecule has 1 aromatic heterocycles. The molecule has 1 aliphatic rings. The monoisotopic (exact) mass is 430 g/mol. The summed E-state index contributed by atoms with van der Waals surface area (Å²) >= 11 is 0. The van der Waals surface area contributed by atoms with Gasteiger partial charge in [0.15, 0.2) is 11.9 Å². The topological polar surface area (TPSA) is 67.3 Å². The van der Waals surface area contributed by atoms with Gasteiger partial charge in [0.05, 0.1) is 5.69 Å². The van der Waals surface area contributed by atoms with Gasteiger partial charge >= 0.3 is 0 Å². The summed E-state index contributed by atoms with van der Waals surface area (Å²) in [5.74, 6) is 1.45. The van der Waals surface area contributed by atoms with Crippen molar-refractivity contribution in [2.75, 3.05) is 23.3 Å². The average Bonchev–Trinajstić information content (AvgIpc) is 2.82. The maximum absolute atomic E-state index is 12.7. The number of nitrogens with zero attached hydrogens (tertiary/aromatic N) is 3. The van der Waals surface area contributed by atoms with E-state index in [1.165, 1.54) is 19.3 Å². The lowest BCUT2D eigenvalue weighted by atomic mass is 10.1. The number of anilines is 2. The number of benzene rings is 2. The van der Waals surface area contributed by atoms with Gasteiger partial charge in [-0.2, -0.15) is 0 Å². The fraction of sp³-hybridized carbons (Fsp3) is 0.346. The van der Waals surface area contributed by atoms with Crippen LogP contribution in [0.3, 0.4) is 0 Å². The van der Waals surface area contributed by atoms with Gasteiger partial charge in [-0.1, -0.05) is 24.3 Å². The molecule has 3 aromatic rings. The van der Waals surface area contributed by atoms with Crippen molar-refractivity contribution in [2.45, 2.75) is 46.1 Å². The first-order valence-corrected chi connectivity index (χ1v) is 11.2. The van der Waals surface area contributed by atoms with Crippen molar-refractivity contribution in [1.82, 2.24) is 10.2 Å². The molecule has 4 rings (SSSR count). The number of amides is 1. The zero-order chi connectivity index (χ0) is 22.5. The molecule has 1 saturated heterocycles. The molecule has 6 heteroatoms. The Kier molecular flexibility index (Phi) is 6.69. The van der Waals surface area contributed by atoms with Gasteiger partial charge in [0, 0.05) is 24.3 Å². The van der Waals surface area contributed by atoms with Crippen molar-refractivity contribution < 1.29 is 9.53 Å². The smallest absolute Gasteiger partial charge is 0.265 e.